The summed E-state index contributed by atoms with van der Waals surface area (Å²) in [6.45, 7) is 2.79. The van der Waals surface area contributed by atoms with Crippen molar-refractivity contribution in [1.82, 2.24) is 5.43 Å². The minimum Gasteiger partial charge on any atom is -0.382 e. The van der Waals surface area contributed by atoms with E-state index in [0.717, 1.165) is 5.56 Å². The monoisotopic (exact) mass is 238 g/mol. The van der Waals surface area contributed by atoms with Gasteiger partial charge in [-0.3, -0.25) is 10.2 Å². The van der Waals surface area contributed by atoms with Gasteiger partial charge in [0.05, 0.1) is 19.3 Å². The molecule has 1 aromatic rings. The van der Waals surface area contributed by atoms with E-state index in [4.69, 9.17) is 15.3 Å². The molecule has 17 heavy (non-hydrogen) atoms. The van der Waals surface area contributed by atoms with E-state index in [-0.39, 0.29) is 12.0 Å². The first kappa shape index (κ1) is 13.6. The van der Waals surface area contributed by atoms with Crippen molar-refractivity contribution in [1.29, 1.82) is 0 Å². The number of nitrogen functional groups attached to an aromatic ring is 1. The average molecular weight is 238 g/mol. The number of nitrogens with two attached hydrogens (primary N) is 1. The van der Waals surface area contributed by atoms with E-state index >= 15 is 0 Å². The molecule has 0 saturated carbocycles. The number of methoxy groups -OCH3 is 1. The average Bonchev–Trinajstić information content (AvgIpc) is 2.36. The maximum Gasteiger partial charge on any atom is 0.265 e. The number of nitrogens with one attached hydrogen (secondary N) is 1. The molecule has 0 aliphatic heterocycles. The second-order valence-corrected chi connectivity index (χ2v) is 3.71. The summed E-state index contributed by atoms with van der Waals surface area (Å²) in [6.07, 6.45) is -0.0195. The Labute approximate surface area is 101 Å². The number of ether oxygens (including phenoxy) is 2. The Morgan fingerprint density at radius 3 is 2.82 bits per heavy atom. The van der Waals surface area contributed by atoms with E-state index in [0.29, 0.717) is 18.8 Å². The van der Waals surface area contributed by atoms with Crippen molar-refractivity contribution < 1.29 is 14.3 Å². The second-order valence-electron chi connectivity index (χ2n) is 3.71. The van der Waals surface area contributed by atoms with Crippen molar-refractivity contribution >= 4 is 5.91 Å². The summed E-state index contributed by atoms with van der Waals surface area (Å²) in [5.41, 5.74) is 3.45. The summed E-state index contributed by atoms with van der Waals surface area (Å²) in [6, 6.07) is 7.19. The molecule has 5 heteroatoms. The van der Waals surface area contributed by atoms with Crippen LogP contribution in [0.1, 0.15) is 22.8 Å². The van der Waals surface area contributed by atoms with E-state index in [2.05, 4.69) is 5.43 Å². The quantitative estimate of drug-likeness (QED) is 0.437. The van der Waals surface area contributed by atoms with Crippen LogP contribution in [0.4, 0.5) is 0 Å². The first-order valence-electron chi connectivity index (χ1n) is 5.38. The van der Waals surface area contributed by atoms with Crippen LogP contribution >= 0.6 is 0 Å². The molecule has 0 aliphatic carbocycles. The van der Waals surface area contributed by atoms with E-state index in [1.165, 1.54) is 0 Å². The van der Waals surface area contributed by atoms with Gasteiger partial charge >= 0.3 is 0 Å². The highest BCUT2D eigenvalue weighted by Crippen LogP contribution is 2.11. The highest BCUT2D eigenvalue weighted by Gasteiger charge is 2.10. The molecule has 1 amide bonds. The lowest BCUT2D eigenvalue weighted by Gasteiger charge is -2.13. The molecular weight excluding hydrogens is 220 g/mol. The van der Waals surface area contributed by atoms with Crippen molar-refractivity contribution in [2.45, 2.75) is 19.6 Å². The molecule has 0 aliphatic rings. The lowest BCUT2D eigenvalue weighted by atomic mass is 10.1. The summed E-state index contributed by atoms with van der Waals surface area (Å²) in [5, 5.41) is 0. The van der Waals surface area contributed by atoms with E-state index in [9.17, 15) is 4.79 Å². The fourth-order valence-electron chi connectivity index (χ4n) is 1.46. The molecule has 0 heterocycles. The van der Waals surface area contributed by atoms with Crippen LogP contribution < -0.4 is 11.3 Å². The predicted molar refractivity (Wildman–Crippen MR) is 64.2 cm³/mol. The predicted octanol–water partition coefficient (Wildman–Crippen LogP) is 0.842. The molecule has 0 fully saturated rings. The molecule has 3 N–H and O–H groups in total. The van der Waals surface area contributed by atoms with Crippen molar-refractivity contribution in [2.75, 3.05) is 13.7 Å². The zero-order valence-corrected chi connectivity index (χ0v) is 10.1. The smallest absolute Gasteiger partial charge is 0.265 e. The van der Waals surface area contributed by atoms with Crippen LogP contribution in [0.15, 0.2) is 24.3 Å². The van der Waals surface area contributed by atoms with Crippen LogP contribution in [0.5, 0.6) is 0 Å². The minimum absolute atomic E-state index is 0.0195. The standard InChI is InChI=1S/C12H18N2O3/c1-9(7-16-2)17-8-10-5-3-4-6-11(10)12(15)14-13/h3-6,9H,7-8,13H2,1-2H3,(H,14,15). The molecule has 94 valence electrons. The molecular formula is C12H18N2O3. The molecule has 0 spiro atoms. The van der Waals surface area contributed by atoms with Crippen LogP contribution in [-0.4, -0.2) is 25.7 Å². The van der Waals surface area contributed by atoms with Gasteiger partial charge in [0, 0.05) is 12.7 Å². The lowest BCUT2D eigenvalue weighted by Crippen LogP contribution is -2.31. The third kappa shape index (κ3) is 4.14. The summed E-state index contributed by atoms with van der Waals surface area (Å²) < 4.78 is 10.5. The molecule has 0 bridgehead atoms. The number of hydrogen-bond acceptors (Lipinski definition) is 4. The molecule has 1 aromatic carbocycles. The topological polar surface area (TPSA) is 73.6 Å². The Morgan fingerprint density at radius 2 is 2.18 bits per heavy atom. The Balaban J connectivity index is 2.67. The normalized spacial score (nSPS) is 12.2. The fraction of sp³-hybridized carbons (Fsp3) is 0.417. The first-order valence-corrected chi connectivity index (χ1v) is 5.38. The number of hydrazine groups is 1. The van der Waals surface area contributed by atoms with Crippen LogP contribution in [-0.2, 0) is 16.1 Å². The highest BCUT2D eigenvalue weighted by molar-refractivity contribution is 5.95. The van der Waals surface area contributed by atoms with Crippen molar-refractivity contribution in [3.8, 4) is 0 Å². The summed E-state index contributed by atoms with van der Waals surface area (Å²) in [7, 11) is 1.62. The van der Waals surface area contributed by atoms with Crippen LogP contribution in [0.2, 0.25) is 0 Å². The van der Waals surface area contributed by atoms with Gasteiger partial charge in [-0.1, -0.05) is 18.2 Å². The number of rotatable bonds is 6. The van der Waals surface area contributed by atoms with E-state index < -0.39 is 0 Å². The summed E-state index contributed by atoms with van der Waals surface area (Å²) in [5.74, 6) is 4.80. The minimum atomic E-state index is -0.316. The fourth-order valence-corrected chi connectivity index (χ4v) is 1.46. The number of carbonyl (C=O) groups excluding carboxylic acids is 1. The Morgan fingerprint density at radius 1 is 1.47 bits per heavy atom. The second kappa shape index (κ2) is 7.01. The SMILES string of the molecule is COCC(C)OCc1ccccc1C(=O)NN. The van der Waals surface area contributed by atoms with E-state index in [1.807, 2.05) is 19.1 Å². The van der Waals surface area contributed by atoms with Gasteiger partial charge in [-0.2, -0.15) is 0 Å². The van der Waals surface area contributed by atoms with Gasteiger partial charge in [-0.25, -0.2) is 5.84 Å². The van der Waals surface area contributed by atoms with Crippen LogP contribution in [0.25, 0.3) is 0 Å². The van der Waals surface area contributed by atoms with Gasteiger partial charge in [0.15, 0.2) is 0 Å². The van der Waals surface area contributed by atoms with Gasteiger partial charge in [-0.15, -0.1) is 0 Å². The maximum atomic E-state index is 11.5. The number of hydrogen-bond donors (Lipinski definition) is 2. The van der Waals surface area contributed by atoms with Gasteiger partial charge < -0.3 is 9.47 Å². The van der Waals surface area contributed by atoms with Gasteiger partial charge in [0.25, 0.3) is 5.91 Å². The molecule has 5 nitrogen and oxygen atoms in total. The molecule has 1 unspecified atom stereocenters. The molecule has 1 atom stereocenters. The number of amides is 1. The summed E-state index contributed by atoms with van der Waals surface area (Å²) >= 11 is 0. The van der Waals surface area contributed by atoms with Crippen molar-refractivity contribution in [3.05, 3.63) is 35.4 Å². The Bertz CT molecular complexity index is 369. The maximum absolute atomic E-state index is 11.5. The van der Waals surface area contributed by atoms with Crippen molar-refractivity contribution in [2.24, 2.45) is 5.84 Å². The molecule has 1 rings (SSSR count). The molecule has 0 radical (unpaired) electrons. The zero-order chi connectivity index (χ0) is 12.7. The number of benzene rings is 1. The first-order chi connectivity index (χ1) is 8.19. The van der Waals surface area contributed by atoms with Crippen LogP contribution in [0.3, 0.4) is 0 Å². The molecule has 0 aromatic heterocycles. The van der Waals surface area contributed by atoms with Gasteiger partial charge in [0.1, 0.15) is 0 Å². The third-order valence-electron chi connectivity index (χ3n) is 2.32. The van der Waals surface area contributed by atoms with Gasteiger partial charge in [-0.05, 0) is 18.6 Å². The van der Waals surface area contributed by atoms with Crippen LogP contribution in [0, 0.1) is 0 Å². The molecule has 0 saturated heterocycles. The third-order valence-corrected chi connectivity index (χ3v) is 2.32. The van der Waals surface area contributed by atoms with E-state index in [1.54, 1.807) is 19.2 Å². The largest absolute Gasteiger partial charge is 0.382 e. The highest BCUT2D eigenvalue weighted by atomic mass is 16.5. The Hall–Kier alpha value is -1.43. The zero-order valence-electron chi connectivity index (χ0n) is 10.1. The van der Waals surface area contributed by atoms with Crippen molar-refractivity contribution in [3.63, 3.8) is 0 Å². The van der Waals surface area contributed by atoms with Gasteiger partial charge in [0.2, 0.25) is 0 Å². The summed E-state index contributed by atoms with van der Waals surface area (Å²) in [4.78, 5) is 11.5. The Kier molecular flexibility index (Phi) is 5.62. The number of carbonyl (C=O) groups is 1. The lowest BCUT2D eigenvalue weighted by molar-refractivity contribution is -0.000355.